The van der Waals surface area contributed by atoms with Gasteiger partial charge >= 0.3 is 0 Å². The molecule has 9 aromatic rings. The fraction of sp³-hybridized carbons (Fsp3) is 0.0645. The highest BCUT2D eigenvalue weighted by Gasteiger charge is 2.53. The van der Waals surface area contributed by atoms with Crippen LogP contribution >= 0.6 is 0 Å². The highest BCUT2D eigenvalue weighted by Crippen LogP contribution is 2.66. The van der Waals surface area contributed by atoms with Crippen LogP contribution in [0.1, 0.15) is 51.3 Å². The summed E-state index contributed by atoms with van der Waals surface area (Å²) in [7, 11) is 0. The molecule has 0 saturated carbocycles. The molecule has 0 fully saturated rings. The van der Waals surface area contributed by atoms with Crippen molar-refractivity contribution < 1.29 is 9.47 Å². The topological polar surface area (TPSA) is 21.7 Å². The maximum Gasteiger partial charge on any atom is 0.178 e. The molecular weight excluding hydrogens is 791 g/mol. The largest absolute Gasteiger partial charge is 0.449 e. The lowest BCUT2D eigenvalue weighted by Gasteiger charge is -2.32. The van der Waals surface area contributed by atoms with Gasteiger partial charge in [0, 0.05) is 28.9 Å². The van der Waals surface area contributed by atoms with Crippen molar-refractivity contribution in [3.63, 3.8) is 0 Å². The Balaban J connectivity index is 0.855. The molecule has 0 bridgehead atoms. The lowest BCUT2D eigenvalue weighted by atomic mass is 9.70. The van der Waals surface area contributed by atoms with E-state index in [2.05, 4.69) is 223 Å². The molecule has 0 N–H and O–H groups in total. The van der Waals surface area contributed by atoms with Crippen LogP contribution in [0, 0.1) is 0 Å². The van der Waals surface area contributed by atoms with E-state index in [0.29, 0.717) is 17.4 Å². The van der Waals surface area contributed by atoms with Gasteiger partial charge in [0.15, 0.2) is 23.0 Å². The molecule has 4 aliphatic carbocycles. The summed E-state index contributed by atoms with van der Waals surface area (Å²) in [4.78, 5) is 2.38. The van der Waals surface area contributed by atoms with Crippen LogP contribution in [0.15, 0.2) is 224 Å². The molecule has 0 amide bonds. The number of fused-ring (bicyclic) bond motifs is 16. The van der Waals surface area contributed by atoms with E-state index in [-0.39, 0.29) is 0 Å². The molecule has 9 aromatic carbocycles. The Morgan fingerprint density at radius 3 is 1.80 bits per heavy atom. The molecule has 0 aromatic heterocycles. The van der Waals surface area contributed by atoms with E-state index in [9.17, 15) is 0 Å². The first-order valence-corrected chi connectivity index (χ1v) is 22.7. The molecule has 306 valence electrons. The van der Waals surface area contributed by atoms with Crippen molar-refractivity contribution in [2.45, 2.75) is 24.2 Å². The van der Waals surface area contributed by atoms with Crippen molar-refractivity contribution in [1.29, 1.82) is 0 Å². The predicted octanol–water partition coefficient (Wildman–Crippen LogP) is 15.9. The third kappa shape index (κ3) is 5.30. The van der Waals surface area contributed by atoms with Gasteiger partial charge in [-0.15, -0.1) is 0 Å². The van der Waals surface area contributed by atoms with Gasteiger partial charge in [0.25, 0.3) is 0 Å². The van der Waals surface area contributed by atoms with Crippen LogP contribution in [0.5, 0.6) is 23.0 Å². The summed E-state index contributed by atoms with van der Waals surface area (Å²) >= 11 is 0. The van der Waals surface area contributed by atoms with Gasteiger partial charge < -0.3 is 14.4 Å². The summed E-state index contributed by atoms with van der Waals surface area (Å²) < 4.78 is 14.0. The quantitative estimate of drug-likeness (QED) is 0.172. The molecule has 14 rings (SSSR count). The minimum atomic E-state index is -0.454. The Bertz CT molecular complexity index is 3460. The minimum absolute atomic E-state index is 0.323. The number of benzene rings is 9. The zero-order valence-electron chi connectivity index (χ0n) is 35.5. The highest BCUT2D eigenvalue weighted by atomic mass is 16.6. The fourth-order valence-corrected chi connectivity index (χ4v) is 11.7. The van der Waals surface area contributed by atoms with Crippen molar-refractivity contribution in [2.24, 2.45) is 0 Å². The molecule has 1 spiro atoms. The van der Waals surface area contributed by atoms with Gasteiger partial charge in [-0.25, -0.2) is 0 Å². The number of hydrogen-bond donors (Lipinski definition) is 0. The molecule has 0 saturated heterocycles. The Morgan fingerprint density at radius 2 is 1.06 bits per heavy atom. The summed E-state index contributed by atoms with van der Waals surface area (Å²) in [5.74, 6) is 3.21. The average molecular weight is 832 g/mol. The van der Waals surface area contributed by atoms with E-state index in [0.717, 1.165) is 47.0 Å². The summed E-state index contributed by atoms with van der Waals surface area (Å²) in [6.07, 6.45) is 8.82. The predicted molar refractivity (Wildman–Crippen MR) is 263 cm³/mol. The number of nitrogens with zero attached hydrogens (tertiary/aromatic N) is 1. The molecule has 3 nitrogen and oxygen atoms in total. The SMILES string of the molecule is C1=CC(c2ccccc2)CC=C1N(c1ccc2c(c1)Cc1cc(-c3ccccc3)ccc1-2)c1ccc2c(c1)Oc1ccc3c(c1O2)-c1ccccc1C31c2ccccc2-c2ccccc21. The maximum absolute atomic E-state index is 7.07. The van der Waals surface area contributed by atoms with Crippen LogP contribution < -0.4 is 14.4 Å². The molecule has 5 aliphatic rings. The first-order valence-electron chi connectivity index (χ1n) is 22.7. The monoisotopic (exact) mass is 831 g/mol. The average Bonchev–Trinajstić information content (AvgIpc) is 4.00. The van der Waals surface area contributed by atoms with Gasteiger partial charge in [-0.05, 0) is 127 Å². The Labute approximate surface area is 378 Å². The van der Waals surface area contributed by atoms with Crippen molar-refractivity contribution in [3.8, 4) is 67.5 Å². The Hall–Kier alpha value is -8.14. The lowest BCUT2D eigenvalue weighted by Crippen LogP contribution is -2.25. The van der Waals surface area contributed by atoms with E-state index in [1.54, 1.807) is 0 Å². The standard InChI is InChI=1S/C62H41NO2/c1-3-13-39(14-4-1)41-23-26-45(27-24-41)63(46-28-31-49-44(37-46)36-43-35-42(25-30-48(43)49)40-15-5-2-6-16-40)47-29-33-57-59(38-47)64-58-34-32-56-60(61(58)65-57)52-19-9-12-22-55(52)62(56)53-20-10-7-17-50(53)51-18-8-11-21-54(51)62/h1-23,25-35,37-38,41H,24,36H2. The number of rotatable bonds is 5. The summed E-state index contributed by atoms with van der Waals surface area (Å²) in [5.41, 5.74) is 21.9. The van der Waals surface area contributed by atoms with E-state index >= 15 is 0 Å². The number of ether oxygens (including phenoxy) is 2. The van der Waals surface area contributed by atoms with Crippen LogP contribution in [-0.2, 0) is 11.8 Å². The van der Waals surface area contributed by atoms with Crippen LogP contribution in [0.25, 0.3) is 44.5 Å². The molecule has 1 unspecified atom stereocenters. The number of anilines is 2. The lowest BCUT2D eigenvalue weighted by molar-refractivity contribution is 0.360. The normalized spacial score (nSPS) is 15.8. The first-order chi connectivity index (χ1) is 32.2. The van der Waals surface area contributed by atoms with Gasteiger partial charge in [0.2, 0.25) is 0 Å². The molecule has 3 heteroatoms. The van der Waals surface area contributed by atoms with Crippen molar-refractivity contribution in [1.82, 2.24) is 0 Å². The molecular formula is C62H41NO2. The van der Waals surface area contributed by atoms with Crippen molar-refractivity contribution in [2.75, 3.05) is 4.90 Å². The Kier molecular flexibility index (Phi) is 7.79. The van der Waals surface area contributed by atoms with E-state index < -0.39 is 5.41 Å². The second-order valence-electron chi connectivity index (χ2n) is 17.9. The molecule has 1 atom stereocenters. The molecule has 65 heavy (non-hydrogen) atoms. The van der Waals surface area contributed by atoms with Crippen LogP contribution in [-0.4, -0.2) is 0 Å². The Morgan fingerprint density at radius 1 is 0.446 bits per heavy atom. The molecule has 1 aliphatic heterocycles. The number of allylic oxidation sites excluding steroid dienone is 3. The summed E-state index contributed by atoms with van der Waals surface area (Å²) in [6.45, 7) is 0. The van der Waals surface area contributed by atoms with Crippen LogP contribution in [0.3, 0.4) is 0 Å². The third-order valence-corrected chi connectivity index (χ3v) is 14.5. The van der Waals surface area contributed by atoms with Crippen LogP contribution in [0.2, 0.25) is 0 Å². The molecule has 1 heterocycles. The van der Waals surface area contributed by atoms with Gasteiger partial charge in [-0.2, -0.15) is 0 Å². The van der Waals surface area contributed by atoms with Crippen molar-refractivity contribution >= 4 is 11.4 Å². The maximum atomic E-state index is 7.07. The number of hydrogen-bond acceptors (Lipinski definition) is 3. The first kappa shape index (κ1) is 36.4. The van der Waals surface area contributed by atoms with Gasteiger partial charge in [0.1, 0.15) is 0 Å². The van der Waals surface area contributed by atoms with E-state index in [4.69, 9.17) is 9.47 Å². The van der Waals surface area contributed by atoms with Gasteiger partial charge in [0.05, 0.1) is 11.1 Å². The van der Waals surface area contributed by atoms with Gasteiger partial charge in [-0.1, -0.05) is 176 Å². The third-order valence-electron chi connectivity index (χ3n) is 14.5. The van der Waals surface area contributed by atoms with Crippen LogP contribution in [0.4, 0.5) is 11.4 Å². The smallest absolute Gasteiger partial charge is 0.178 e. The van der Waals surface area contributed by atoms with E-state index in [1.165, 1.54) is 77.9 Å². The summed E-state index contributed by atoms with van der Waals surface area (Å²) in [6, 6.07) is 72.9. The second-order valence-corrected chi connectivity index (χ2v) is 17.9. The summed E-state index contributed by atoms with van der Waals surface area (Å²) in [5, 5.41) is 0. The van der Waals surface area contributed by atoms with Gasteiger partial charge in [-0.3, -0.25) is 0 Å². The minimum Gasteiger partial charge on any atom is -0.449 e. The zero-order chi connectivity index (χ0) is 42.6. The second kappa shape index (κ2) is 13.9. The fourth-order valence-electron chi connectivity index (χ4n) is 11.7. The highest BCUT2D eigenvalue weighted by molar-refractivity contribution is 5.98. The molecule has 0 radical (unpaired) electrons. The van der Waals surface area contributed by atoms with E-state index in [1.807, 2.05) is 0 Å². The van der Waals surface area contributed by atoms with Crippen molar-refractivity contribution in [3.05, 3.63) is 263 Å². The zero-order valence-corrected chi connectivity index (χ0v) is 35.5.